The van der Waals surface area contributed by atoms with E-state index in [1.54, 1.807) is 6.92 Å². The summed E-state index contributed by atoms with van der Waals surface area (Å²) in [4.78, 5) is 23.6. The maximum absolute atomic E-state index is 13.2. The molecular weight excluding hydrogens is 316 g/mol. The van der Waals surface area contributed by atoms with E-state index in [2.05, 4.69) is 16.0 Å². The van der Waals surface area contributed by atoms with Crippen LogP contribution in [0.25, 0.3) is 0 Å². The summed E-state index contributed by atoms with van der Waals surface area (Å²) in [5.74, 6) is -2.12. The fourth-order valence-electron chi connectivity index (χ4n) is 2.80. The summed E-state index contributed by atoms with van der Waals surface area (Å²) < 4.78 is 26.1. The summed E-state index contributed by atoms with van der Waals surface area (Å²) in [7, 11) is 0. The molecule has 0 aliphatic heterocycles. The van der Waals surface area contributed by atoms with Gasteiger partial charge in [0.05, 0.1) is 12.6 Å². The Hall–Kier alpha value is -2.18. The topological polar surface area (TPSA) is 70.2 Å². The molecule has 1 aromatic carbocycles. The Morgan fingerprint density at radius 2 is 1.88 bits per heavy atom. The SMILES string of the molecule is C[C@H](NC(=O)NCC(=O)NC1CCCCC1)c1ccc(F)c(F)c1. The first-order valence-electron chi connectivity index (χ1n) is 8.24. The Morgan fingerprint density at radius 3 is 2.54 bits per heavy atom. The second-order valence-corrected chi connectivity index (χ2v) is 6.12. The van der Waals surface area contributed by atoms with Crippen molar-refractivity contribution < 1.29 is 18.4 Å². The molecule has 1 fully saturated rings. The van der Waals surface area contributed by atoms with Crippen LogP contribution in [0.4, 0.5) is 13.6 Å². The van der Waals surface area contributed by atoms with Gasteiger partial charge in [0.25, 0.3) is 0 Å². The number of urea groups is 1. The van der Waals surface area contributed by atoms with Crippen LogP contribution < -0.4 is 16.0 Å². The summed E-state index contributed by atoms with van der Waals surface area (Å²) in [6.45, 7) is 1.53. The number of amides is 3. The predicted molar refractivity (Wildman–Crippen MR) is 86.3 cm³/mol. The zero-order chi connectivity index (χ0) is 17.5. The molecule has 3 amide bonds. The van der Waals surface area contributed by atoms with Gasteiger partial charge in [-0.05, 0) is 37.5 Å². The van der Waals surface area contributed by atoms with Gasteiger partial charge in [-0.25, -0.2) is 13.6 Å². The molecule has 7 heteroatoms. The van der Waals surface area contributed by atoms with Crippen LogP contribution in [0.5, 0.6) is 0 Å². The molecule has 24 heavy (non-hydrogen) atoms. The Kier molecular flexibility index (Phi) is 6.52. The molecule has 0 spiro atoms. The fraction of sp³-hybridized carbons (Fsp3) is 0.529. The van der Waals surface area contributed by atoms with Crippen LogP contribution in [-0.4, -0.2) is 24.5 Å². The van der Waals surface area contributed by atoms with Gasteiger partial charge in [-0.3, -0.25) is 4.79 Å². The number of rotatable bonds is 5. The fourth-order valence-corrected chi connectivity index (χ4v) is 2.80. The quantitative estimate of drug-likeness (QED) is 0.772. The first-order valence-corrected chi connectivity index (χ1v) is 8.24. The number of nitrogens with one attached hydrogen (secondary N) is 3. The van der Waals surface area contributed by atoms with E-state index in [-0.39, 0.29) is 18.5 Å². The van der Waals surface area contributed by atoms with Gasteiger partial charge < -0.3 is 16.0 Å². The second-order valence-electron chi connectivity index (χ2n) is 6.12. The van der Waals surface area contributed by atoms with Crippen LogP contribution in [-0.2, 0) is 4.79 Å². The Bertz CT molecular complexity index is 589. The van der Waals surface area contributed by atoms with E-state index >= 15 is 0 Å². The lowest BCUT2D eigenvalue weighted by atomic mass is 9.95. The molecule has 0 heterocycles. The Labute approximate surface area is 140 Å². The number of hydrogen-bond donors (Lipinski definition) is 3. The van der Waals surface area contributed by atoms with Crippen molar-refractivity contribution in [2.24, 2.45) is 0 Å². The molecule has 1 aromatic rings. The van der Waals surface area contributed by atoms with Crippen molar-refractivity contribution in [1.29, 1.82) is 0 Å². The van der Waals surface area contributed by atoms with E-state index in [0.717, 1.165) is 37.8 Å². The van der Waals surface area contributed by atoms with Crippen LogP contribution >= 0.6 is 0 Å². The molecule has 0 aromatic heterocycles. The van der Waals surface area contributed by atoms with E-state index in [4.69, 9.17) is 0 Å². The van der Waals surface area contributed by atoms with Crippen molar-refractivity contribution in [2.45, 2.75) is 51.1 Å². The average molecular weight is 339 g/mol. The van der Waals surface area contributed by atoms with Crippen molar-refractivity contribution in [3.8, 4) is 0 Å². The summed E-state index contributed by atoms with van der Waals surface area (Å²) in [5.41, 5.74) is 0.440. The number of hydrogen-bond acceptors (Lipinski definition) is 2. The van der Waals surface area contributed by atoms with Crippen LogP contribution in [0.2, 0.25) is 0 Å². The molecule has 3 N–H and O–H groups in total. The molecule has 0 unspecified atom stereocenters. The molecule has 0 saturated heterocycles. The van der Waals surface area contributed by atoms with Gasteiger partial charge in [0.2, 0.25) is 5.91 Å². The first-order chi connectivity index (χ1) is 11.5. The third-order valence-electron chi connectivity index (χ3n) is 4.17. The predicted octanol–water partition coefficient (Wildman–Crippen LogP) is 2.77. The standard InChI is InChI=1S/C17H23F2N3O2/c1-11(12-7-8-14(18)15(19)9-12)21-17(24)20-10-16(23)22-13-5-3-2-4-6-13/h7-9,11,13H,2-6,10H2,1H3,(H,22,23)(H2,20,21,24)/t11-/m0/s1. The maximum atomic E-state index is 13.2. The van der Waals surface area contributed by atoms with E-state index in [9.17, 15) is 18.4 Å². The first kappa shape index (κ1) is 18.2. The molecule has 2 rings (SSSR count). The maximum Gasteiger partial charge on any atom is 0.315 e. The molecular formula is C17H23F2N3O2. The highest BCUT2D eigenvalue weighted by atomic mass is 19.2. The van der Waals surface area contributed by atoms with Crippen LogP contribution in [0, 0.1) is 11.6 Å². The number of benzene rings is 1. The van der Waals surface area contributed by atoms with Crippen molar-refractivity contribution >= 4 is 11.9 Å². The average Bonchev–Trinajstić information content (AvgIpc) is 2.56. The lowest BCUT2D eigenvalue weighted by Gasteiger charge is -2.23. The van der Waals surface area contributed by atoms with E-state index in [1.807, 2.05) is 0 Å². The van der Waals surface area contributed by atoms with Crippen LogP contribution in [0.15, 0.2) is 18.2 Å². The largest absolute Gasteiger partial charge is 0.352 e. The summed E-state index contributed by atoms with van der Waals surface area (Å²) >= 11 is 0. The van der Waals surface area contributed by atoms with Crippen molar-refractivity contribution in [2.75, 3.05) is 6.54 Å². The highest BCUT2D eigenvalue weighted by Crippen LogP contribution is 2.17. The van der Waals surface area contributed by atoms with Gasteiger partial charge in [-0.2, -0.15) is 0 Å². The number of carbonyl (C=O) groups is 2. The highest BCUT2D eigenvalue weighted by Gasteiger charge is 2.16. The zero-order valence-electron chi connectivity index (χ0n) is 13.7. The number of carbonyl (C=O) groups excluding carboxylic acids is 2. The molecule has 5 nitrogen and oxygen atoms in total. The highest BCUT2D eigenvalue weighted by molar-refractivity contribution is 5.84. The van der Waals surface area contributed by atoms with Gasteiger partial charge in [0.1, 0.15) is 0 Å². The van der Waals surface area contributed by atoms with Gasteiger partial charge in [-0.15, -0.1) is 0 Å². The molecule has 132 valence electrons. The summed E-state index contributed by atoms with van der Waals surface area (Å²) in [6.07, 6.45) is 5.39. The lowest BCUT2D eigenvalue weighted by Crippen LogP contribution is -2.45. The van der Waals surface area contributed by atoms with E-state index < -0.39 is 23.7 Å². The van der Waals surface area contributed by atoms with Crippen molar-refractivity contribution in [3.63, 3.8) is 0 Å². The third-order valence-corrected chi connectivity index (χ3v) is 4.17. The molecule has 1 atom stereocenters. The zero-order valence-corrected chi connectivity index (χ0v) is 13.7. The van der Waals surface area contributed by atoms with E-state index in [1.165, 1.54) is 12.5 Å². The van der Waals surface area contributed by atoms with Gasteiger partial charge in [0, 0.05) is 6.04 Å². The number of halogens is 2. The minimum Gasteiger partial charge on any atom is -0.352 e. The normalized spacial score (nSPS) is 16.3. The molecule has 1 saturated carbocycles. The smallest absolute Gasteiger partial charge is 0.315 e. The van der Waals surface area contributed by atoms with Gasteiger partial charge in [-0.1, -0.05) is 25.3 Å². The Morgan fingerprint density at radius 1 is 1.17 bits per heavy atom. The summed E-state index contributed by atoms with van der Waals surface area (Å²) in [6, 6.07) is 2.60. The minimum absolute atomic E-state index is 0.118. The minimum atomic E-state index is -0.964. The molecule has 1 aliphatic carbocycles. The van der Waals surface area contributed by atoms with Crippen molar-refractivity contribution in [1.82, 2.24) is 16.0 Å². The molecule has 0 radical (unpaired) electrons. The summed E-state index contributed by atoms with van der Waals surface area (Å²) in [5, 5.41) is 7.95. The molecule has 0 bridgehead atoms. The van der Waals surface area contributed by atoms with Crippen LogP contribution in [0.1, 0.15) is 50.6 Å². The lowest BCUT2D eigenvalue weighted by molar-refractivity contribution is -0.121. The van der Waals surface area contributed by atoms with Gasteiger partial charge in [0.15, 0.2) is 11.6 Å². The second kappa shape index (κ2) is 8.61. The third kappa shape index (κ3) is 5.47. The van der Waals surface area contributed by atoms with E-state index in [0.29, 0.717) is 5.56 Å². The van der Waals surface area contributed by atoms with Gasteiger partial charge >= 0.3 is 6.03 Å². The Balaban J connectivity index is 1.73. The van der Waals surface area contributed by atoms with Crippen molar-refractivity contribution in [3.05, 3.63) is 35.4 Å². The van der Waals surface area contributed by atoms with Crippen LogP contribution in [0.3, 0.4) is 0 Å². The monoisotopic (exact) mass is 339 g/mol. The molecule has 1 aliphatic rings.